The van der Waals surface area contributed by atoms with Gasteiger partial charge in [-0.1, -0.05) is 19.1 Å². The number of carbonyl (C=O) groups excluding carboxylic acids is 2. The normalized spacial score (nSPS) is 37.6. The molecule has 0 unspecified atom stereocenters. The van der Waals surface area contributed by atoms with Crippen molar-refractivity contribution in [2.45, 2.75) is 121 Å². The summed E-state index contributed by atoms with van der Waals surface area (Å²) in [6, 6.07) is -0.434. The zero-order chi connectivity index (χ0) is 35.4. The third-order valence-electron chi connectivity index (χ3n) is 11.2. The van der Waals surface area contributed by atoms with E-state index in [-0.39, 0.29) is 50.2 Å². The molecule has 0 radical (unpaired) electrons. The molecule has 2 bridgehead atoms. The number of H-pyrrole nitrogens is 1. The molecule has 0 amide bonds. The summed E-state index contributed by atoms with van der Waals surface area (Å²) in [5.41, 5.74) is -0.958. The van der Waals surface area contributed by atoms with Gasteiger partial charge in [0, 0.05) is 49.1 Å². The van der Waals surface area contributed by atoms with Crippen molar-refractivity contribution >= 4 is 11.9 Å². The third-order valence-corrected chi connectivity index (χ3v) is 11.2. The quantitative estimate of drug-likeness (QED) is 0.266. The highest BCUT2D eigenvalue weighted by atomic mass is 17.3. The van der Waals surface area contributed by atoms with Crippen LogP contribution < -0.4 is 11.2 Å². The Morgan fingerprint density at radius 3 is 2.68 bits per heavy atom. The van der Waals surface area contributed by atoms with E-state index in [1.165, 1.54) is 10.8 Å². The van der Waals surface area contributed by atoms with Gasteiger partial charge < -0.3 is 28.8 Å². The predicted octanol–water partition coefficient (Wildman–Crippen LogP) is 1.57. The minimum absolute atomic E-state index is 0.00696. The molecule has 6 aliphatic rings. The summed E-state index contributed by atoms with van der Waals surface area (Å²) in [5.74, 6) is -1.63. The van der Waals surface area contributed by atoms with Crippen LogP contribution in [0.4, 0.5) is 0 Å². The Morgan fingerprint density at radius 2 is 1.88 bits per heavy atom. The summed E-state index contributed by atoms with van der Waals surface area (Å²) in [7, 11) is 0. The molecule has 6 fully saturated rings. The number of fused-ring (bicyclic) bond motifs is 2. The van der Waals surface area contributed by atoms with Crippen molar-refractivity contribution in [2.75, 3.05) is 13.2 Å². The summed E-state index contributed by atoms with van der Waals surface area (Å²) in [6.45, 7) is 7.33. The van der Waals surface area contributed by atoms with Crippen LogP contribution in [-0.4, -0.2) is 84.9 Å². The standard InChI is InChI=1S/C33H45N5O12/c1-17-5-6-22-19(3)29(47-30-33(22)21(17)9-11-32(4,48-30)49-50-33)46-27(41)8-7-26(40)44-12-10-20-15-38(36-35-20)23-13-25(45-24(23)16-39)37-14-18(2)28(42)34-31(37)43/h14-15,17,19,21-25,29-30,39H,5-13,16H2,1-4H3,(H,34,42,43)/t17-,19-,21+,22+,23+,24-,25-,29-,30-,32-,33-/m1/s1. The number of aliphatic hydroxyl groups is 1. The van der Waals surface area contributed by atoms with Crippen LogP contribution in [0.3, 0.4) is 0 Å². The van der Waals surface area contributed by atoms with Gasteiger partial charge in [0.25, 0.3) is 5.56 Å². The predicted molar refractivity (Wildman–Crippen MR) is 168 cm³/mol. The molecule has 1 spiro atoms. The van der Waals surface area contributed by atoms with E-state index in [2.05, 4.69) is 22.2 Å². The Balaban J connectivity index is 0.881. The molecule has 0 aromatic carbocycles. The fourth-order valence-corrected chi connectivity index (χ4v) is 8.46. The minimum atomic E-state index is -0.937. The molecule has 11 atom stereocenters. The lowest BCUT2D eigenvalue weighted by atomic mass is 9.58. The zero-order valence-electron chi connectivity index (χ0n) is 28.6. The van der Waals surface area contributed by atoms with Gasteiger partial charge in [-0.2, -0.15) is 0 Å². The van der Waals surface area contributed by atoms with Crippen molar-refractivity contribution in [3.63, 3.8) is 0 Å². The summed E-state index contributed by atoms with van der Waals surface area (Å²) in [4.78, 5) is 63.7. The molecular weight excluding hydrogens is 658 g/mol. The smallest absolute Gasteiger partial charge is 0.330 e. The summed E-state index contributed by atoms with van der Waals surface area (Å²) in [6.07, 6.45) is 3.79. The van der Waals surface area contributed by atoms with Crippen molar-refractivity contribution in [3.8, 4) is 0 Å². The highest BCUT2D eigenvalue weighted by Crippen LogP contribution is 2.60. The van der Waals surface area contributed by atoms with E-state index in [1.54, 1.807) is 17.8 Å². The molecule has 8 rings (SSSR count). The molecule has 17 nitrogen and oxygen atoms in total. The Bertz CT molecular complexity index is 1710. The number of carbonyl (C=O) groups is 2. The highest BCUT2D eigenvalue weighted by Gasteiger charge is 2.69. The fraction of sp³-hybridized carbons (Fsp3) is 0.758. The van der Waals surface area contributed by atoms with Gasteiger partial charge in [0.15, 0.2) is 11.9 Å². The molecule has 1 aliphatic carbocycles. The summed E-state index contributed by atoms with van der Waals surface area (Å²) >= 11 is 0. The molecule has 7 heterocycles. The van der Waals surface area contributed by atoms with Crippen molar-refractivity contribution < 1.29 is 48.2 Å². The lowest BCUT2D eigenvalue weighted by molar-refractivity contribution is -0.576. The van der Waals surface area contributed by atoms with E-state index in [4.69, 9.17) is 33.5 Å². The second-order valence-electron chi connectivity index (χ2n) is 14.5. The van der Waals surface area contributed by atoms with E-state index < -0.39 is 65.5 Å². The number of ether oxygens (including phenoxy) is 5. The number of hydrogen-bond donors (Lipinski definition) is 2. The topological polar surface area (TPSA) is 205 Å². The van der Waals surface area contributed by atoms with Gasteiger partial charge in [-0.3, -0.25) is 23.9 Å². The molecule has 2 aromatic rings. The molecule has 50 heavy (non-hydrogen) atoms. The number of aryl methyl sites for hydroxylation is 1. The van der Waals surface area contributed by atoms with Gasteiger partial charge in [0.1, 0.15) is 12.3 Å². The number of esters is 2. The minimum Gasteiger partial charge on any atom is -0.465 e. The average Bonchev–Trinajstić information content (AvgIpc) is 3.67. The van der Waals surface area contributed by atoms with Gasteiger partial charge in [-0.25, -0.2) is 19.3 Å². The maximum atomic E-state index is 12.9. The number of aliphatic hydroxyl groups excluding tert-OH is 1. The van der Waals surface area contributed by atoms with E-state index in [1.807, 2.05) is 13.8 Å². The average molecular weight is 704 g/mol. The van der Waals surface area contributed by atoms with Gasteiger partial charge in [0.05, 0.1) is 37.8 Å². The van der Waals surface area contributed by atoms with Gasteiger partial charge in [-0.05, 0) is 44.9 Å². The molecule has 2 aromatic heterocycles. The first kappa shape index (κ1) is 34.9. The van der Waals surface area contributed by atoms with Crippen LogP contribution in [0, 0.1) is 30.6 Å². The van der Waals surface area contributed by atoms with Crippen molar-refractivity contribution in [1.29, 1.82) is 0 Å². The van der Waals surface area contributed by atoms with E-state index in [0.717, 1.165) is 19.3 Å². The monoisotopic (exact) mass is 703 g/mol. The maximum Gasteiger partial charge on any atom is 0.330 e. The van der Waals surface area contributed by atoms with Gasteiger partial charge in [0.2, 0.25) is 12.1 Å². The molecule has 1 saturated carbocycles. The molecule has 5 aliphatic heterocycles. The Hall–Kier alpha value is -3.48. The first-order chi connectivity index (χ1) is 23.9. The molecule has 5 saturated heterocycles. The van der Waals surface area contributed by atoms with Crippen LogP contribution in [0.1, 0.15) is 89.2 Å². The highest BCUT2D eigenvalue weighted by molar-refractivity contribution is 5.77. The Kier molecular flexibility index (Phi) is 9.49. The van der Waals surface area contributed by atoms with Crippen molar-refractivity contribution in [3.05, 3.63) is 44.5 Å². The van der Waals surface area contributed by atoms with E-state index in [0.29, 0.717) is 30.0 Å². The first-order valence-electron chi connectivity index (χ1n) is 17.4. The summed E-state index contributed by atoms with van der Waals surface area (Å²) in [5, 5.41) is 18.2. The molecule has 2 N–H and O–H groups in total. The number of aromatic amines is 1. The lowest BCUT2D eigenvalue weighted by Crippen LogP contribution is -2.70. The zero-order valence-corrected chi connectivity index (χ0v) is 28.6. The number of rotatable bonds is 10. The number of aromatic nitrogens is 5. The largest absolute Gasteiger partial charge is 0.465 e. The third kappa shape index (κ3) is 6.32. The first-order valence-corrected chi connectivity index (χ1v) is 17.4. The van der Waals surface area contributed by atoms with Crippen molar-refractivity contribution in [1.82, 2.24) is 24.5 Å². The van der Waals surface area contributed by atoms with Crippen LogP contribution in [0.15, 0.2) is 22.0 Å². The van der Waals surface area contributed by atoms with E-state index >= 15 is 0 Å². The van der Waals surface area contributed by atoms with Gasteiger partial charge in [-0.15, -0.1) is 5.10 Å². The van der Waals surface area contributed by atoms with E-state index in [9.17, 15) is 24.3 Å². The number of hydrogen-bond acceptors (Lipinski definition) is 14. The van der Waals surface area contributed by atoms with Crippen LogP contribution >= 0.6 is 0 Å². The second-order valence-corrected chi connectivity index (χ2v) is 14.5. The molecule has 274 valence electrons. The van der Waals surface area contributed by atoms with Crippen LogP contribution in [-0.2, 0) is 49.5 Å². The summed E-state index contributed by atoms with van der Waals surface area (Å²) < 4.78 is 32.4. The van der Waals surface area contributed by atoms with Crippen LogP contribution in [0.25, 0.3) is 0 Å². The number of nitrogens with zero attached hydrogens (tertiary/aromatic N) is 4. The molecule has 17 heteroatoms. The second kappa shape index (κ2) is 13.6. The van der Waals surface area contributed by atoms with Crippen LogP contribution in [0.2, 0.25) is 0 Å². The number of nitrogens with one attached hydrogen (secondary N) is 1. The SMILES string of the molecule is Cc1cn([C@H]2C[C@H](n3cc(CCOC(=O)CCC(=O)O[C@@H]4O[C@@H]5O[C@@]6(C)CC[C@H]7[C@H](C)CC[C@@H]([C@H]4C)[C@@]57OO6)nn3)[C@@H](CO)O2)c(=O)[nH]c1=O. The lowest BCUT2D eigenvalue weighted by Gasteiger charge is -2.59. The Morgan fingerprint density at radius 1 is 1.08 bits per heavy atom. The van der Waals surface area contributed by atoms with Gasteiger partial charge >= 0.3 is 17.6 Å². The molecular formula is C33H45N5O12. The fourth-order valence-electron chi connectivity index (χ4n) is 8.46. The van der Waals surface area contributed by atoms with Crippen molar-refractivity contribution in [2.24, 2.45) is 23.7 Å². The maximum absolute atomic E-state index is 12.9. The van der Waals surface area contributed by atoms with Crippen LogP contribution in [0.5, 0.6) is 0 Å². The Labute approximate surface area is 287 Å².